The van der Waals surface area contributed by atoms with Crippen LogP contribution in [0.15, 0.2) is 140 Å². The fraction of sp³-hybridized carbons (Fsp3) is 0.231. The zero-order valence-electron chi connectivity index (χ0n) is 32.2. The maximum atomic E-state index is 2.53. The molecule has 0 bridgehead atoms. The van der Waals surface area contributed by atoms with Gasteiger partial charge >= 0.3 is 0 Å². The van der Waals surface area contributed by atoms with Crippen LogP contribution in [0.25, 0.3) is 44.2 Å². The second-order valence-corrected chi connectivity index (χ2v) is 17.9. The summed E-state index contributed by atoms with van der Waals surface area (Å²) in [7, 11) is 0. The van der Waals surface area contributed by atoms with E-state index in [4.69, 9.17) is 0 Å². The Morgan fingerprint density at radius 2 is 0.679 bits per heavy atom. The van der Waals surface area contributed by atoms with Crippen LogP contribution in [-0.2, 0) is 21.7 Å². The molecule has 0 fully saturated rings. The van der Waals surface area contributed by atoms with Crippen LogP contribution in [0.2, 0.25) is 0 Å². The summed E-state index contributed by atoms with van der Waals surface area (Å²) < 4.78 is 0. The molecule has 3 aliphatic rings. The molecule has 0 atom stereocenters. The smallest absolute Gasteiger partial charge is 0.0465 e. The number of benzene rings is 7. The lowest BCUT2D eigenvalue weighted by atomic mass is 9.55. The van der Waals surface area contributed by atoms with E-state index in [1.54, 1.807) is 0 Å². The van der Waals surface area contributed by atoms with Crippen LogP contribution in [0.1, 0.15) is 88.8 Å². The Kier molecular flexibility index (Phi) is 6.45. The highest BCUT2D eigenvalue weighted by molar-refractivity contribution is 5.95. The van der Waals surface area contributed by atoms with Crippen LogP contribution in [0.3, 0.4) is 0 Å². The van der Waals surface area contributed by atoms with E-state index in [1.165, 1.54) is 94.6 Å². The molecule has 0 saturated carbocycles. The minimum absolute atomic E-state index is 0.0453. The van der Waals surface area contributed by atoms with E-state index in [0.29, 0.717) is 0 Å². The number of hydrogen-bond acceptors (Lipinski definition) is 1. The minimum atomic E-state index is -0.135. The molecule has 0 aliphatic heterocycles. The molecule has 0 aromatic heterocycles. The van der Waals surface area contributed by atoms with Gasteiger partial charge in [-0.2, -0.15) is 0 Å². The van der Waals surface area contributed by atoms with Gasteiger partial charge in [0.15, 0.2) is 0 Å². The number of hydrogen-bond donors (Lipinski definition) is 0. The van der Waals surface area contributed by atoms with Crippen molar-refractivity contribution >= 4 is 27.8 Å². The lowest BCUT2D eigenvalue weighted by Gasteiger charge is -2.48. The van der Waals surface area contributed by atoms with Gasteiger partial charge in [-0.15, -0.1) is 0 Å². The quantitative estimate of drug-likeness (QED) is 0.179. The van der Waals surface area contributed by atoms with Crippen molar-refractivity contribution < 1.29 is 0 Å². The highest BCUT2D eigenvalue weighted by Gasteiger charge is 2.46. The highest BCUT2D eigenvalue weighted by atomic mass is 15.1. The molecule has 10 rings (SSSR count). The Morgan fingerprint density at radius 3 is 1.28 bits per heavy atom. The Balaban J connectivity index is 1.20. The number of fused-ring (bicyclic) bond motifs is 10. The summed E-state index contributed by atoms with van der Waals surface area (Å²) in [6, 6.07) is 53.2. The first-order valence-corrected chi connectivity index (χ1v) is 19.3. The average molecular weight is 686 g/mol. The average Bonchev–Trinajstić information content (AvgIpc) is 3.52. The van der Waals surface area contributed by atoms with Crippen LogP contribution in [0.5, 0.6) is 0 Å². The van der Waals surface area contributed by atoms with E-state index in [1.807, 2.05) is 0 Å². The molecule has 0 amide bonds. The summed E-state index contributed by atoms with van der Waals surface area (Å²) in [5.41, 5.74) is 19.7. The van der Waals surface area contributed by atoms with E-state index in [0.717, 1.165) is 0 Å². The monoisotopic (exact) mass is 685 g/mol. The molecule has 260 valence electrons. The standard InChI is InChI=1S/C52H47N/c1-49(2)43-19-13-11-17-37(43)39-24-21-34(29-46(39)49)53(36-22-25-40-38-18-12-14-20-44(38)51(5,6)52(7,8)48(40)31-36)35-23-26-41-42-27-32-15-9-10-16-33(32)28-45(42)50(3,4)47(41)30-35/h9-31H,1-8H3. The third kappa shape index (κ3) is 4.25. The molecule has 0 unspecified atom stereocenters. The predicted octanol–water partition coefficient (Wildman–Crippen LogP) is 14.2. The molecular formula is C52H47N. The molecule has 0 radical (unpaired) electrons. The zero-order valence-corrected chi connectivity index (χ0v) is 32.2. The van der Waals surface area contributed by atoms with Crippen molar-refractivity contribution in [2.24, 2.45) is 0 Å². The second kappa shape index (κ2) is 10.6. The molecule has 0 spiro atoms. The van der Waals surface area contributed by atoms with Crippen molar-refractivity contribution in [3.63, 3.8) is 0 Å². The van der Waals surface area contributed by atoms with Gasteiger partial charge in [0.25, 0.3) is 0 Å². The van der Waals surface area contributed by atoms with E-state index < -0.39 is 0 Å². The SMILES string of the molecule is CC1(C)c2ccccc2-c2ccc(N(c3ccc4c(c3)C(C)(C)c3cc5ccccc5cc3-4)c3ccc4c(c3)C(C)(C)C(C)(C)c3ccccc3-4)cc21. The van der Waals surface area contributed by atoms with Crippen molar-refractivity contribution in [2.75, 3.05) is 4.90 Å². The van der Waals surface area contributed by atoms with Gasteiger partial charge in [-0.3, -0.25) is 0 Å². The van der Waals surface area contributed by atoms with Crippen LogP contribution < -0.4 is 4.90 Å². The van der Waals surface area contributed by atoms with Gasteiger partial charge in [0.2, 0.25) is 0 Å². The molecule has 0 N–H and O–H groups in total. The van der Waals surface area contributed by atoms with Gasteiger partial charge in [-0.05, 0) is 137 Å². The van der Waals surface area contributed by atoms with Gasteiger partial charge < -0.3 is 4.90 Å². The molecule has 1 nitrogen and oxygen atoms in total. The Labute approximate surface area is 315 Å². The molecule has 1 heteroatoms. The van der Waals surface area contributed by atoms with Gasteiger partial charge in [0.1, 0.15) is 0 Å². The maximum absolute atomic E-state index is 2.53. The van der Waals surface area contributed by atoms with E-state index in [9.17, 15) is 0 Å². The summed E-state index contributed by atoms with van der Waals surface area (Å²) in [6.45, 7) is 19.3. The first-order chi connectivity index (χ1) is 25.3. The number of nitrogens with zero attached hydrogens (tertiary/aromatic N) is 1. The fourth-order valence-electron chi connectivity index (χ4n) is 10.2. The van der Waals surface area contributed by atoms with Gasteiger partial charge in [-0.25, -0.2) is 0 Å². The highest BCUT2D eigenvalue weighted by Crippen LogP contribution is 2.57. The van der Waals surface area contributed by atoms with Crippen LogP contribution >= 0.6 is 0 Å². The van der Waals surface area contributed by atoms with Crippen molar-refractivity contribution in [3.8, 4) is 33.4 Å². The lowest BCUT2D eigenvalue weighted by molar-refractivity contribution is 0.299. The molecule has 7 aromatic carbocycles. The third-order valence-corrected chi connectivity index (χ3v) is 14.0. The summed E-state index contributed by atoms with van der Waals surface area (Å²) in [6.07, 6.45) is 0. The van der Waals surface area contributed by atoms with Gasteiger partial charge in [0.05, 0.1) is 0 Å². The van der Waals surface area contributed by atoms with Crippen molar-refractivity contribution in [1.29, 1.82) is 0 Å². The fourth-order valence-corrected chi connectivity index (χ4v) is 10.2. The van der Waals surface area contributed by atoms with E-state index in [-0.39, 0.29) is 21.7 Å². The van der Waals surface area contributed by atoms with Crippen molar-refractivity contribution in [1.82, 2.24) is 0 Å². The summed E-state index contributed by atoms with van der Waals surface area (Å²) >= 11 is 0. The molecule has 3 aliphatic carbocycles. The second-order valence-electron chi connectivity index (χ2n) is 17.9. The van der Waals surface area contributed by atoms with Crippen LogP contribution in [0, 0.1) is 0 Å². The topological polar surface area (TPSA) is 3.24 Å². The Morgan fingerprint density at radius 1 is 0.302 bits per heavy atom. The Hall–Kier alpha value is -5.40. The van der Waals surface area contributed by atoms with Gasteiger partial charge in [0, 0.05) is 27.9 Å². The van der Waals surface area contributed by atoms with Crippen LogP contribution in [-0.4, -0.2) is 0 Å². The number of anilines is 3. The first kappa shape index (κ1) is 32.3. The van der Waals surface area contributed by atoms with Crippen molar-refractivity contribution in [3.05, 3.63) is 173 Å². The third-order valence-electron chi connectivity index (χ3n) is 14.0. The van der Waals surface area contributed by atoms with E-state index in [2.05, 4.69) is 200 Å². The molecule has 0 heterocycles. The Bertz CT molecular complexity index is 2680. The zero-order chi connectivity index (χ0) is 36.7. The normalized spacial score (nSPS) is 17.3. The molecule has 7 aromatic rings. The maximum Gasteiger partial charge on any atom is 0.0465 e. The molecule has 0 saturated heterocycles. The summed E-state index contributed by atoms with van der Waals surface area (Å²) in [4.78, 5) is 2.53. The van der Waals surface area contributed by atoms with E-state index >= 15 is 0 Å². The lowest BCUT2D eigenvalue weighted by Crippen LogP contribution is -2.43. The minimum Gasteiger partial charge on any atom is -0.310 e. The largest absolute Gasteiger partial charge is 0.310 e. The predicted molar refractivity (Wildman–Crippen MR) is 225 cm³/mol. The van der Waals surface area contributed by atoms with Crippen molar-refractivity contribution in [2.45, 2.75) is 77.0 Å². The summed E-state index contributed by atoms with van der Waals surface area (Å²) in [5.74, 6) is 0. The summed E-state index contributed by atoms with van der Waals surface area (Å²) in [5, 5.41) is 2.60. The molecular weight excluding hydrogens is 639 g/mol. The number of rotatable bonds is 3. The molecule has 53 heavy (non-hydrogen) atoms. The van der Waals surface area contributed by atoms with Crippen LogP contribution in [0.4, 0.5) is 17.1 Å². The first-order valence-electron chi connectivity index (χ1n) is 19.3. The van der Waals surface area contributed by atoms with Gasteiger partial charge in [-0.1, -0.05) is 146 Å².